The lowest BCUT2D eigenvalue weighted by atomic mass is 10.1. The van der Waals surface area contributed by atoms with Crippen LogP contribution in [-0.4, -0.2) is 63.5 Å². The van der Waals surface area contributed by atoms with Crippen LogP contribution in [0.15, 0.2) is 42.3 Å². The second-order valence-corrected chi connectivity index (χ2v) is 8.59. The maximum Gasteiger partial charge on any atom is 0.233 e. The maximum atomic E-state index is 13.6. The van der Waals surface area contributed by atoms with E-state index >= 15 is 0 Å². The summed E-state index contributed by atoms with van der Waals surface area (Å²) < 4.78 is 46.9. The van der Waals surface area contributed by atoms with E-state index in [9.17, 15) is 23.0 Å². The Morgan fingerprint density at radius 3 is 2.90 bits per heavy atom. The van der Waals surface area contributed by atoms with Crippen LogP contribution in [0.1, 0.15) is 5.56 Å². The molecule has 3 aromatic rings. The number of imidazole rings is 1. The Morgan fingerprint density at radius 2 is 2.13 bits per heavy atom. The Bertz CT molecular complexity index is 1250. The molecule has 0 aliphatic carbocycles. The summed E-state index contributed by atoms with van der Waals surface area (Å²) in [6, 6.07) is 5.70. The van der Waals surface area contributed by atoms with Gasteiger partial charge < -0.3 is 20.7 Å². The molecule has 0 amide bonds. The summed E-state index contributed by atoms with van der Waals surface area (Å²) in [6.45, 7) is -0.682. The summed E-state index contributed by atoms with van der Waals surface area (Å²) in [5, 5.41) is 22.5. The number of nitrogens with zero attached hydrogens (tertiary/aromatic N) is 4. The Labute approximate surface area is 176 Å². The second-order valence-electron chi connectivity index (χ2n) is 6.94. The topological polar surface area (TPSA) is 165 Å². The van der Waals surface area contributed by atoms with Gasteiger partial charge in [-0.05, 0) is 12.1 Å². The molecule has 5 N–H and O–H groups in total. The van der Waals surface area contributed by atoms with E-state index in [1.165, 1.54) is 35.4 Å². The van der Waals surface area contributed by atoms with E-state index in [4.69, 9.17) is 10.5 Å². The fraction of sp³-hybridized carbons (Fsp3) is 0.278. The number of nitrogens with one attached hydrogen (secondary N) is 1. The van der Waals surface area contributed by atoms with Crippen molar-refractivity contribution in [2.75, 3.05) is 18.9 Å². The molecule has 11 nitrogen and oxygen atoms in total. The van der Waals surface area contributed by atoms with Gasteiger partial charge in [-0.15, -0.1) is 0 Å². The molecule has 0 saturated carbocycles. The van der Waals surface area contributed by atoms with Crippen LogP contribution in [0.25, 0.3) is 17.2 Å². The molecule has 1 saturated heterocycles. The zero-order valence-electron chi connectivity index (χ0n) is 16.0. The van der Waals surface area contributed by atoms with Crippen LogP contribution in [0.4, 0.5) is 10.2 Å². The van der Waals surface area contributed by atoms with E-state index in [0.29, 0.717) is 0 Å². The number of hydrogen-bond donors (Lipinski definition) is 4. The van der Waals surface area contributed by atoms with Crippen molar-refractivity contribution in [3.05, 3.63) is 53.7 Å². The number of nitrogens with two attached hydrogens (primary N) is 1. The number of nitrogen functional groups attached to an aromatic ring is 1. The largest absolute Gasteiger partial charge is 0.385 e. The van der Waals surface area contributed by atoms with Crippen LogP contribution in [0, 0.1) is 5.82 Å². The number of anilines is 1. The van der Waals surface area contributed by atoms with E-state index in [2.05, 4.69) is 19.7 Å². The number of fused-ring (bicyclic) bond motifs is 1. The Kier molecular flexibility index (Phi) is 5.45. The molecule has 3 heterocycles. The number of aliphatic hydroxyl groups is 2. The number of halogens is 1. The number of benzene rings is 1. The van der Waals surface area contributed by atoms with Gasteiger partial charge in [0.1, 0.15) is 29.9 Å². The van der Waals surface area contributed by atoms with Gasteiger partial charge in [-0.2, -0.15) is 0 Å². The molecule has 1 aromatic carbocycles. The highest BCUT2D eigenvalue weighted by Gasteiger charge is 2.50. The highest BCUT2D eigenvalue weighted by atomic mass is 32.2. The number of sulfonamides is 1. The molecule has 1 fully saturated rings. The van der Waals surface area contributed by atoms with Gasteiger partial charge in [0.15, 0.2) is 17.2 Å². The quantitative estimate of drug-likeness (QED) is 0.389. The van der Waals surface area contributed by atoms with Crippen molar-refractivity contribution < 1.29 is 27.8 Å². The highest BCUT2D eigenvalue weighted by Crippen LogP contribution is 2.32. The van der Waals surface area contributed by atoms with Crippen LogP contribution in [0.2, 0.25) is 0 Å². The lowest BCUT2D eigenvalue weighted by Gasteiger charge is -2.27. The summed E-state index contributed by atoms with van der Waals surface area (Å²) in [4.78, 5) is 11.9. The minimum atomic E-state index is -3.97. The number of ether oxygens (including phenoxy) is 1. The van der Waals surface area contributed by atoms with Gasteiger partial charge >= 0.3 is 0 Å². The van der Waals surface area contributed by atoms with Crippen molar-refractivity contribution in [3.63, 3.8) is 0 Å². The minimum absolute atomic E-state index is 0.103. The lowest BCUT2D eigenvalue weighted by Crippen LogP contribution is -2.48. The number of aromatic nitrogens is 4. The molecule has 1 aliphatic heterocycles. The first-order valence-electron chi connectivity index (χ1n) is 9.09. The predicted molar refractivity (Wildman–Crippen MR) is 108 cm³/mol. The standard InChI is InChI=1S/C18H19FN6O5S/c19-12-4-2-1-3-11(12)5-6-31(28,29)24-7-13-15(26)18(27,8-30-13)25-10-23-14-16(20)21-9-22-17(14)25/h1-6,9-10,13,15,24,26-27H,7-8H2,(H2,20,21,22)/b6-5+/t13-,15-,18-/m1/s1. The molecule has 0 radical (unpaired) electrons. The zero-order valence-corrected chi connectivity index (χ0v) is 16.8. The molecule has 0 bridgehead atoms. The molecule has 0 spiro atoms. The molecule has 1 aliphatic rings. The highest BCUT2D eigenvalue weighted by molar-refractivity contribution is 7.92. The average molecular weight is 450 g/mol. The third-order valence-electron chi connectivity index (χ3n) is 4.93. The summed E-state index contributed by atoms with van der Waals surface area (Å²) in [5.41, 5.74) is 4.32. The first-order chi connectivity index (χ1) is 14.7. The zero-order chi connectivity index (χ0) is 22.2. The van der Waals surface area contributed by atoms with Gasteiger partial charge in [0, 0.05) is 17.5 Å². The maximum absolute atomic E-state index is 13.6. The molecule has 2 aromatic heterocycles. The summed E-state index contributed by atoms with van der Waals surface area (Å²) >= 11 is 0. The molecule has 13 heteroatoms. The van der Waals surface area contributed by atoms with Crippen LogP contribution < -0.4 is 10.5 Å². The number of aliphatic hydroxyl groups excluding tert-OH is 1. The SMILES string of the molecule is Nc1ncnc2c1ncn2[C@@]1(O)CO[C@H](CNS(=O)(=O)/C=C/c2ccccc2F)[C@H]1O. The van der Waals surface area contributed by atoms with E-state index < -0.39 is 33.8 Å². The van der Waals surface area contributed by atoms with Gasteiger partial charge in [0.2, 0.25) is 10.0 Å². The third-order valence-corrected chi connectivity index (χ3v) is 6.00. The third kappa shape index (κ3) is 4.00. The smallest absolute Gasteiger partial charge is 0.233 e. The Morgan fingerprint density at radius 1 is 1.35 bits per heavy atom. The van der Waals surface area contributed by atoms with Gasteiger partial charge in [0.05, 0.1) is 12.9 Å². The Balaban J connectivity index is 1.47. The van der Waals surface area contributed by atoms with E-state index in [1.807, 2.05) is 0 Å². The van der Waals surface area contributed by atoms with Crippen molar-refractivity contribution in [3.8, 4) is 0 Å². The van der Waals surface area contributed by atoms with Crippen molar-refractivity contribution in [2.45, 2.75) is 17.9 Å². The van der Waals surface area contributed by atoms with Gasteiger partial charge in [-0.25, -0.2) is 32.5 Å². The van der Waals surface area contributed by atoms with E-state index in [0.717, 1.165) is 11.5 Å². The second kappa shape index (κ2) is 7.94. The predicted octanol–water partition coefficient (Wildman–Crippen LogP) is -0.457. The molecular formula is C18H19FN6O5S. The molecule has 0 unspecified atom stereocenters. The summed E-state index contributed by atoms with van der Waals surface area (Å²) in [7, 11) is -3.97. The fourth-order valence-electron chi connectivity index (χ4n) is 3.24. The van der Waals surface area contributed by atoms with E-state index in [1.54, 1.807) is 6.07 Å². The monoisotopic (exact) mass is 450 g/mol. The van der Waals surface area contributed by atoms with Crippen LogP contribution in [0.5, 0.6) is 0 Å². The van der Waals surface area contributed by atoms with Crippen LogP contribution >= 0.6 is 0 Å². The molecule has 3 atom stereocenters. The van der Waals surface area contributed by atoms with Crippen molar-refractivity contribution >= 4 is 33.1 Å². The molecule has 31 heavy (non-hydrogen) atoms. The van der Waals surface area contributed by atoms with Crippen LogP contribution in [0.3, 0.4) is 0 Å². The van der Waals surface area contributed by atoms with Crippen LogP contribution in [-0.2, 0) is 20.5 Å². The van der Waals surface area contributed by atoms with Gasteiger partial charge in [0.25, 0.3) is 0 Å². The normalized spacial score (nSPS) is 24.4. The minimum Gasteiger partial charge on any atom is -0.385 e. The Hall–Kier alpha value is -2.97. The fourth-order valence-corrected chi connectivity index (χ4v) is 4.06. The first-order valence-corrected chi connectivity index (χ1v) is 10.6. The molecule has 164 valence electrons. The summed E-state index contributed by atoms with van der Waals surface area (Å²) in [5.74, 6) is -0.461. The van der Waals surface area contributed by atoms with Crippen molar-refractivity contribution in [1.29, 1.82) is 0 Å². The van der Waals surface area contributed by atoms with E-state index in [-0.39, 0.29) is 35.7 Å². The molecular weight excluding hydrogens is 431 g/mol. The average Bonchev–Trinajstić information content (AvgIpc) is 3.30. The van der Waals surface area contributed by atoms with Crippen molar-refractivity contribution in [1.82, 2.24) is 24.2 Å². The number of rotatable bonds is 6. The number of hydrogen-bond acceptors (Lipinski definition) is 9. The lowest BCUT2D eigenvalue weighted by molar-refractivity contribution is -0.107. The van der Waals surface area contributed by atoms with Gasteiger partial charge in [-0.1, -0.05) is 18.2 Å². The molecule has 4 rings (SSSR count). The van der Waals surface area contributed by atoms with Crippen molar-refractivity contribution in [2.24, 2.45) is 0 Å². The summed E-state index contributed by atoms with van der Waals surface area (Å²) in [6.07, 6.45) is 0.959. The first kappa shape index (κ1) is 21.3. The van der Waals surface area contributed by atoms with Gasteiger partial charge in [-0.3, -0.25) is 4.57 Å².